The fourth-order valence-corrected chi connectivity index (χ4v) is 2.93. The summed E-state index contributed by atoms with van der Waals surface area (Å²) in [5, 5.41) is 3.61. The number of imidazole rings is 1. The molecule has 20 heavy (non-hydrogen) atoms. The molecule has 0 radical (unpaired) electrons. The summed E-state index contributed by atoms with van der Waals surface area (Å²) in [5.41, 5.74) is 1.49. The molecule has 5 nitrogen and oxygen atoms in total. The number of aromatic nitrogens is 2. The zero-order chi connectivity index (χ0) is 14.0. The second kappa shape index (κ2) is 5.84. The Bertz CT molecular complexity index is 433. The highest BCUT2D eigenvalue weighted by molar-refractivity contribution is 5.03. The monoisotopic (exact) mass is 278 g/mol. The quantitative estimate of drug-likeness (QED) is 0.854. The van der Waals surface area contributed by atoms with E-state index in [1.54, 1.807) is 0 Å². The third-order valence-electron chi connectivity index (χ3n) is 4.42. The molecule has 0 amide bonds. The fourth-order valence-electron chi connectivity index (χ4n) is 2.93. The van der Waals surface area contributed by atoms with E-state index in [9.17, 15) is 0 Å². The first-order chi connectivity index (χ1) is 9.67. The minimum atomic E-state index is 0.175. The van der Waals surface area contributed by atoms with E-state index in [0.717, 1.165) is 39.4 Å². The molecular formula is C15H26N4O. The number of nitrogens with one attached hydrogen (secondary N) is 1. The molecule has 1 N–H and O–H groups in total. The van der Waals surface area contributed by atoms with Gasteiger partial charge in [0, 0.05) is 44.0 Å². The number of hydrogen-bond acceptors (Lipinski definition) is 4. The molecule has 1 aliphatic heterocycles. The average Bonchev–Trinajstić information content (AvgIpc) is 3.20. The second-order valence-corrected chi connectivity index (χ2v) is 6.54. The van der Waals surface area contributed by atoms with Crippen LogP contribution in [0.2, 0.25) is 0 Å². The highest BCUT2D eigenvalue weighted by Gasteiger charge is 2.28. The number of nitrogens with zero attached hydrogens (tertiary/aromatic N) is 3. The van der Waals surface area contributed by atoms with Crippen LogP contribution >= 0.6 is 0 Å². The van der Waals surface area contributed by atoms with E-state index < -0.39 is 0 Å². The molecule has 2 aliphatic rings. The van der Waals surface area contributed by atoms with E-state index in [-0.39, 0.29) is 5.54 Å². The lowest BCUT2D eigenvalue weighted by Gasteiger charge is -2.41. The molecule has 2 fully saturated rings. The molecule has 0 unspecified atom stereocenters. The zero-order valence-electron chi connectivity index (χ0n) is 12.6. The van der Waals surface area contributed by atoms with E-state index in [1.807, 2.05) is 12.5 Å². The number of morpholine rings is 1. The minimum absolute atomic E-state index is 0.175. The summed E-state index contributed by atoms with van der Waals surface area (Å²) >= 11 is 0. The summed E-state index contributed by atoms with van der Waals surface area (Å²) in [4.78, 5) is 6.80. The lowest BCUT2D eigenvalue weighted by molar-refractivity contribution is -0.00970. The Morgan fingerprint density at radius 2 is 2.10 bits per heavy atom. The van der Waals surface area contributed by atoms with Gasteiger partial charge in [0.15, 0.2) is 0 Å². The maximum absolute atomic E-state index is 5.43. The fraction of sp³-hybridized carbons (Fsp3) is 0.800. The third-order valence-corrected chi connectivity index (χ3v) is 4.42. The van der Waals surface area contributed by atoms with Crippen molar-refractivity contribution < 1.29 is 4.74 Å². The Kier molecular flexibility index (Phi) is 4.10. The number of rotatable bonds is 6. The topological polar surface area (TPSA) is 42.3 Å². The molecule has 0 bridgehead atoms. The average molecular weight is 278 g/mol. The van der Waals surface area contributed by atoms with Crippen LogP contribution in [0.25, 0.3) is 0 Å². The standard InChI is InChI=1S/C15H26N4O/c1-15(2,18-5-7-20-8-6-18)11-16-9-14-10-17-12-19(14)13-3-4-13/h10,12-13,16H,3-9,11H2,1-2H3. The highest BCUT2D eigenvalue weighted by atomic mass is 16.5. The molecule has 1 aromatic rings. The molecule has 0 atom stereocenters. The second-order valence-electron chi connectivity index (χ2n) is 6.54. The third kappa shape index (κ3) is 3.22. The summed E-state index contributed by atoms with van der Waals surface area (Å²) in [6.45, 7) is 10.3. The maximum Gasteiger partial charge on any atom is 0.0951 e. The van der Waals surface area contributed by atoms with E-state index >= 15 is 0 Å². The van der Waals surface area contributed by atoms with Gasteiger partial charge in [0.1, 0.15) is 0 Å². The lowest BCUT2D eigenvalue weighted by Crippen LogP contribution is -2.54. The Hall–Kier alpha value is -0.910. The predicted octanol–water partition coefficient (Wildman–Crippen LogP) is 1.42. The Morgan fingerprint density at radius 1 is 1.35 bits per heavy atom. The first-order valence-electron chi connectivity index (χ1n) is 7.71. The van der Waals surface area contributed by atoms with Gasteiger partial charge in [0.25, 0.3) is 0 Å². The van der Waals surface area contributed by atoms with E-state index in [4.69, 9.17) is 4.74 Å². The molecule has 1 saturated carbocycles. The van der Waals surface area contributed by atoms with Gasteiger partial charge in [-0.15, -0.1) is 0 Å². The van der Waals surface area contributed by atoms with Gasteiger partial charge in [-0.25, -0.2) is 4.98 Å². The minimum Gasteiger partial charge on any atom is -0.379 e. The number of ether oxygens (including phenoxy) is 1. The van der Waals surface area contributed by atoms with E-state index in [2.05, 4.69) is 33.6 Å². The van der Waals surface area contributed by atoms with Crippen molar-refractivity contribution in [1.29, 1.82) is 0 Å². The summed E-state index contributed by atoms with van der Waals surface area (Å²) < 4.78 is 7.76. The molecule has 0 aromatic carbocycles. The summed E-state index contributed by atoms with van der Waals surface area (Å²) in [5.74, 6) is 0. The van der Waals surface area contributed by atoms with Crippen molar-refractivity contribution in [1.82, 2.24) is 19.8 Å². The van der Waals surface area contributed by atoms with Crippen LogP contribution in [0.1, 0.15) is 38.4 Å². The van der Waals surface area contributed by atoms with Crippen LogP contribution in [0.15, 0.2) is 12.5 Å². The molecule has 112 valence electrons. The largest absolute Gasteiger partial charge is 0.379 e. The molecule has 1 aromatic heterocycles. The van der Waals surface area contributed by atoms with Gasteiger partial charge in [-0.05, 0) is 26.7 Å². The van der Waals surface area contributed by atoms with Gasteiger partial charge in [0.05, 0.1) is 25.2 Å². The summed E-state index contributed by atoms with van der Waals surface area (Å²) in [6, 6.07) is 0.710. The number of hydrogen-bond donors (Lipinski definition) is 1. The predicted molar refractivity (Wildman–Crippen MR) is 78.7 cm³/mol. The van der Waals surface area contributed by atoms with Crippen molar-refractivity contribution in [2.24, 2.45) is 0 Å². The van der Waals surface area contributed by atoms with Crippen LogP contribution in [0.3, 0.4) is 0 Å². The van der Waals surface area contributed by atoms with Crippen molar-refractivity contribution >= 4 is 0 Å². The molecule has 5 heteroatoms. The normalized spacial score (nSPS) is 21.3. The van der Waals surface area contributed by atoms with Gasteiger partial charge in [-0.3, -0.25) is 4.90 Å². The van der Waals surface area contributed by atoms with Crippen LogP contribution in [-0.4, -0.2) is 52.8 Å². The maximum atomic E-state index is 5.43. The summed E-state index contributed by atoms with van der Waals surface area (Å²) in [7, 11) is 0. The first-order valence-corrected chi connectivity index (χ1v) is 7.71. The smallest absolute Gasteiger partial charge is 0.0951 e. The van der Waals surface area contributed by atoms with Crippen LogP contribution in [-0.2, 0) is 11.3 Å². The van der Waals surface area contributed by atoms with Gasteiger partial charge < -0.3 is 14.6 Å². The van der Waals surface area contributed by atoms with Crippen LogP contribution < -0.4 is 5.32 Å². The lowest BCUT2D eigenvalue weighted by atomic mass is 10.0. The molecule has 1 aliphatic carbocycles. The van der Waals surface area contributed by atoms with E-state index in [0.29, 0.717) is 6.04 Å². The molecule has 3 rings (SSSR count). The van der Waals surface area contributed by atoms with Gasteiger partial charge >= 0.3 is 0 Å². The van der Waals surface area contributed by atoms with Gasteiger partial charge in [0.2, 0.25) is 0 Å². The Labute approximate surface area is 121 Å². The Balaban J connectivity index is 1.49. The SMILES string of the molecule is CC(C)(CNCc1cncn1C1CC1)N1CCOCC1. The molecule has 0 spiro atoms. The molecular weight excluding hydrogens is 252 g/mol. The van der Waals surface area contributed by atoms with Crippen LogP contribution in [0.4, 0.5) is 0 Å². The van der Waals surface area contributed by atoms with E-state index in [1.165, 1.54) is 18.5 Å². The Morgan fingerprint density at radius 3 is 2.80 bits per heavy atom. The first kappa shape index (κ1) is 14.0. The van der Waals surface area contributed by atoms with Crippen molar-refractivity contribution in [3.8, 4) is 0 Å². The van der Waals surface area contributed by atoms with Crippen molar-refractivity contribution in [3.05, 3.63) is 18.2 Å². The zero-order valence-corrected chi connectivity index (χ0v) is 12.6. The van der Waals surface area contributed by atoms with Crippen molar-refractivity contribution in [2.45, 2.75) is 44.8 Å². The van der Waals surface area contributed by atoms with Gasteiger partial charge in [-0.1, -0.05) is 0 Å². The molecule has 1 saturated heterocycles. The molecule has 2 heterocycles. The van der Waals surface area contributed by atoms with Crippen LogP contribution in [0, 0.1) is 0 Å². The van der Waals surface area contributed by atoms with Crippen LogP contribution in [0.5, 0.6) is 0 Å². The highest BCUT2D eigenvalue weighted by Crippen LogP contribution is 2.35. The van der Waals surface area contributed by atoms with Gasteiger partial charge in [-0.2, -0.15) is 0 Å². The summed E-state index contributed by atoms with van der Waals surface area (Å²) in [6.07, 6.45) is 6.58. The van der Waals surface area contributed by atoms with Crippen molar-refractivity contribution in [2.75, 3.05) is 32.8 Å². The van der Waals surface area contributed by atoms with Crippen molar-refractivity contribution in [3.63, 3.8) is 0 Å².